The van der Waals surface area contributed by atoms with E-state index in [4.69, 9.17) is 0 Å². The van der Waals surface area contributed by atoms with E-state index in [2.05, 4.69) is 48.7 Å². The zero-order chi connectivity index (χ0) is 15.0. The van der Waals surface area contributed by atoms with Gasteiger partial charge in [0.05, 0.1) is 21.5 Å². The van der Waals surface area contributed by atoms with Gasteiger partial charge in [0.2, 0.25) is 0 Å². The Bertz CT molecular complexity index is 481. The third kappa shape index (κ3) is 3.28. The molecule has 1 saturated carbocycles. The second-order valence-corrected chi connectivity index (χ2v) is 7.77. The lowest BCUT2D eigenvalue weighted by Gasteiger charge is -2.41. The highest BCUT2D eigenvalue weighted by molar-refractivity contribution is 9.10. The van der Waals surface area contributed by atoms with E-state index in [0.29, 0.717) is 6.42 Å². The van der Waals surface area contributed by atoms with Crippen LogP contribution in [0.4, 0.5) is 0 Å². The Labute approximate surface area is 130 Å². The van der Waals surface area contributed by atoms with Crippen LogP contribution in [0.3, 0.4) is 0 Å². The van der Waals surface area contributed by atoms with Crippen molar-refractivity contribution in [2.24, 2.45) is 5.41 Å². The highest BCUT2D eigenvalue weighted by atomic mass is 79.9. The van der Waals surface area contributed by atoms with Crippen molar-refractivity contribution in [3.05, 3.63) is 15.9 Å². The molecular formula is C16H27BrN2O. The van der Waals surface area contributed by atoms with E-state index in [0.717, 1.165) is 48.1 Å². The van der Waals surface area contributed by atoms with Crippen LogP contribution in [0.15, 0.2) is 4.47 Å². The monoisotopic (exact) mass is 342 g/mol. The van der Waals surface area contributed by atoms with E-state index in [1.807, 2.05) is 4.68 Å². The first-order valence-corrected chi connectivity index (χ1v) is 8.56. The van der Waals surface area contributed by atoms with Crippen LogP contribution in [0, 0.1) is 5.41 Å². The summed E-state index contributed by atoms with van der Waals surface area (Å²) in [4.78, 5) is 0. The molecule has 0 radical (unpaired) electrons. The molecule has 1 aliphatic rings. The van der Waals surface area contributed by atoms with E-state index >= 15 is 0 Å². The van der Waals surface area contributed by atoms with Crippen molar-refractivity contribution in [1.82, 2.24) is 9.78 Å². The summed E-state index contributed by atoms with van der Waals surface area (Å²) >= 11 is 3.69. The maximum atomic E-state index is 11.0. The molecule has 2 rings (SSSR count). The number of nitrogens with zero attached hydrogens (tertiary/aromatic N) is 2. The minimum absolute atomic E-state index is 0.240. The molecule has 0 aromatic carbocycles. The Morgan fingerprint density at radius 2 is 2.00 bits per heavy atom. The summed E-state index contributed by atoms with van der Waals surface area (Å²) in [7, 11) is 0. The summed E-state index contributed by atoms with van der Waals surface area (Å²) in [6.07, 6.45) is 5.73. The predicted molar refractivity (Wildman–Crippen MR) is 85.9 cm³/mol. The van der Waals surface area contributed by atoms with Crippen molar-refractivity contribution < 1.29 is 5.11 Å². The molecule has 1 aromatic rings. The van der Waals surface area contributed by atoms with E-state index in [1.165, 1.54) is 6.42 Å². The zero-order valence-electron chi connectivity index (χ0n) is 13.2. The molecule has 0 aliphatic heterocycles. The molecular weight excluding hydrogens is 316 g/mol. The fourth-order valence-corrected chi connectivity index (χ4v) is 4.32. The number of hydrogen-bond donors (Lipinski definition) is 1. The van der Waals surface area contributed by atoms with Gasteiger partial charge in [-0.2, -0.15) is 5.10 Å². The average molecular weight is 343 g/mol. The second-order valence-electron chi connectivity index (χ2n) is 6.97. The van der Waals surface area contributed by atoms with Crippen LogP contribution >= 0.6 is 15.9 Å². The van der Waals surface area contributed by atoms with Crippen molar-refractivity contribution >= 4 is 15.9 Å². The Kier molecular flexibility index (Phi) is 4.65. The fraction of sp³-hybridized carbons (Fsp3) is 0.812. The summed E-state index contributed by atoms with van der Waals surface area (Å²) < 4.78 is 3.14. The molecule has 4 heteroatoms. The van der Waals surface area contributed by atoms with Gasteiger partial charge >= 0.3 is 0 Å². The summed E-state index contributed by atoms with van der Waals surface area (Å²) in [6.45, 7) is 9.61. The second kappa shape index (κ2) is 5.80. The third-order valence-corrected chi connectivity index (χ3v) is 5.41. The molecule has 20 heavy (non-hydrogen) atoms. The van der Waals surface area contributed by atoms with Crippen LogP contribution in [0.2, 0.25) is 0 Å². The van der Waals surface area contributed by atoms with Gasteiger partial charge in [-0.1, -0.05) is 27.2 Å². The van der Waals surface area contributed by atoms with Crippen LogP contribution in [0.5, 0.6) is 0 Å². The lowest BCUT2D eigenvalue weighted by atomic mass is 9.68. The van der Waals surface area contributed by atoms with E-state index in [9.17, 15) is 5.11 Å². The summed E-state index contributed by atoms with van der Waals surface area (Å²) in [5.41, 5.74) is 1.91. The van der Waals surface area contributed by atoms with Gasteiger partial charge in [0, 0.05) is 13.0 Å². The first-order valence-electron chi connectivity index (χ1n) is 7.77. The molecule has 1 fully saturated rings. The topological polar surface area (TPSA) is 38.0 Å². The Hall–Kier alpha value is -0.350. The summed E-state index contributed by atoms with van der Waals surface area (Å²) in [6, 6.07) is 0. The van der Waals surface area contributed by atoms with Gasteiger partial charge in [0.1, 0.15) is 0 Å². The molecule has 1 unspecified atom stereocenters. The number of aryl methyl sites for hydroxylation is 2. The van der Waals surface area contributed by atoms with Gasteiger partial charge in [-0.05, 0) is 54.0 Å². The van der Waals surface area contributed by atoms with Crippen molar-refractivity contribution in [1.29, 1.82) is 0 Å². The zero-order valence-corrected chi connectivity index (χ0v) is 14.8. The minimum Gasteiger partial charge on any atom is -0.389 e. The number of rotatable bonds is 4. The number of halogens is 1. The minimum atomic E-state index is -0.581. The Morgan fingerprint density at radius 1 is 1.30 bits per heavy atom. The van der Waals surface area contributed by atoms with Crippen molar-refractivity contribution in [3.8, 4) is 0 Å². The van der Waals surface area contributed by atoms with E-state index < -0.39 is 5.60 Å². The molecule has 1 heterocycles. The van der Waals surface area contributed by atoms with Crippen LogP contribution in [-0.2, 0) is 19.4 Å². The van der Waals surface area contributed by atoms with Gasteiger partial charge in [-0.3, -0.25) is 4.68 Å². The molecule has 1 aliphatic carbocycles. The van der Waals surface area contributed by atoms with Crippen LogP contribution in [-0.4, -0.2) is 20.5 Å². The lowest BCUT2D eigenvalue weighted by Crippen LogP contribution is -2.41. The quantitative estimate of drug-likeness (QED) is 0.894. The Balaban J connectivity index is 2.27. The first kappa shape index (κ1) is 16.0. The molecule has 0 saturated heterocycles. The highest BCUT2D eigenvalue weighted by Gasteiger charge is 2.39. The maximum absolute atomic E-state index is 11.0. The third-order valence-electron chi connectivity index (χ3n) is 4.49. The van der Waals surface area contributed by atoms with Gasteiger partial charge in [0.25, 0.3) is 0 Å². The highest BCUT2D eigenvalue weighted by Crippen LogP contribution is 2.43. The molecule has 1 N–H and O–H groups in total. The molecule has 1 atom stereocenters. The van der Waals surface area contributed by atoms with E-state index in [-0.39, 0.29) is 5.41 Å². The lowest BCUT2D eigenvalue weighted by molar-refractivity contribution is -0.0396. The molecule has 0 amide bonds. The number of hydrogen-bond acceptors (Lipinski definition) is 2. The molecule has 0 spiro atoms. The fourth-order valence-electron chi connectivity index (χ4n) is 3.61. The number of aromatic nitrogens is 2. The molecule has 1 aromatic heterocycles. The van der Waals surface area contributed by atoms with Crippen LogP contribution < -0.4 is 0 Å². The van der Waals surface area contributed by atoms with Crippen LogP contribution in [0.1, 0.15) is 64.8 Å². The predicted octanol–water partition coefficient (Wildman–Crippen LogP) is 4.10. The van der Waals surface area contributed by atoms with Crippen molar-refractivity contribution in [2.45, 2.75) is 78.4 Å². The smallest absolute Gasteiger partial charge is 0.0766 e. The van der Waals surface area contributed by atoms with Gasteiger partial charge in [-0.15, -0.1) is 0 Å². The molecule has 3 nitrogen and oxygen atoms in total. The SMILES string of the molecule is CCc1nn(CC)c(CC2(O)CCCC(C)(C)C2)c1Br. The number of aliphatic hydroxyl groups is 1. The summed E-state index contributed by atoms with van der Waals surface area (Å²) in [5, 5.41) is 15.7. The molecule has 0 bridgehead atoms. The standard InChI is InChI=1S/C16H27BrN2O/c1-5-12-14(17)13(19(6-2)18-12)10-16(20)9-7-8-15(3,4)11-16/h20H,5-11H2,1-4H3. The van der Waals surface area contributed by atoms with Gasteiger partial charge in [-0.25, -0.2) is 0 Å². The van der Waals surface area contributed by atoms with Crippen molar-refractivity contribution in [3.63, 3.8) is 0 Å². The van der Waals surface area contributed by atoms with Crippen LogP contribution in [0.25, 0.3) is 0 Å². The molecule has 114 valence electrons. The summed E-state index contributed by atoms with van der Waals surface area (Å²) in [5.74, 6) is 0. The first-order chi connectivity index (χ1) is 9.30. The van der Waals surface area contributed by atoms with Gasteiger partial charge in [0.15, 0.2) is 0 Å². The normalized spacial score (nSPS) is 25.9. The average Bonchev–Trinajstić information content (AvgIpc) is 2.64. The Morgan fingerprint density at radius 3 is 2.55 bits per heavy atom. The van der Waals surface area contributed by atoms with Crippen molar-refractivity contribution in [2.75, 3.05) is 0 Å². The van der Waals surface area contributed by atoms with E-state index in [1.54, 1.807) is 0 Å². The largest absolute Gasteiger partial charge is 0.389 e. The van der Waals surface area contributed by atoms with Gasteiger partial charge < -0.3 is 5.11 Å². The maximum Gasteiger partial charge on any atom is 0.0766 e.